The monoisotopic (exact) mass is 457 g/mol. The molecule has 8 nitrogen and oxygen atoms in total. The van der Waals surface area contributed by atoms with Crippen molar-refractivity contribution in [1.29, 1.82) is 0 Å². The third kappa shape index (κ3) is 5.72. The maximum absolute atomic E-state index is 13.3. The van der Waals surface area contributed by atoms with Gasteiger partial charge in [0, 0.05) is 23.9 Å². The number of fused-ring (bicyclic) bond motifs is 1. The molecule has 0 radical (unpaired) electrons. The first-order valence-corrected chi connectivity index (χ1v) is 12.1. The Morgan fingerprint density at radius 3 is 2.57 bits per heavy atom. The van der Waals surface area contributed by atoms with Gasteiger partial charge in [-0.2, -0.15) is 4.99 Å². The molecular formula is C19H24FN3O5S2. The van der Waals surface area contributed by atoms with Crippen LogP contribution in [0.1, 0.15) is 27.2 Å². The number of ether oxygens (including phenoxy) is 1. The van der Waals surface area contributed by atoms with E-state index < -0.39 is 33.3 Å². The first-order chi connectivity index (χ1) is 13.9. The normalized spacial score (nSPS) is 24.0. The minimum absolute atomic E-state index is 0.00738. The molecule has 2 aliphatic heterocycles. The van der Waals surface area contributed by atoms with Crippen LogP contribution in [0.2, 0.25) is 0 Å². The molecule has 2 saturated heterocycles. The van der Waals surface area contributed by atoms with Gasteiger partial charge in [-0.1, -0.05) is 11.8 Å². The summed E-state index contributed by atoms with van der Waals surface area (Å²) in [5.41, 5.74) is -0.0605. The fraction of sp³-hybridized carbons (Fsp3) is 0.526. The number of amidine groups is 1. The number of rotatable bonds is 4. The second-order valence-electron chi connectivity index (χ2n) is 8.11. The molecule has 30 heavy (non-hydrogen) atoms. The van der Waals surface area contributed by atoms with E-state index in [1.807, 2.05) is 0 Å². The van der Waals surface area contributed by atoms with Crippen LogP contribution in [0.4, 0.5) is 14.9 Å². The molecule has 0 unspecified atom stereocenters. The van der Waals surface area contributed by atoms with Crippen molar-refractivity contribution in [3.8, 4) is 0 Å². The number of hydrogen-bond donors (Lipinski definition) is 1. The Balaban J connectivity index is 1.70. The molecule has 11 heteroatoms. The van der Waals surface area contributed by atoms with Crippen molar-refractivity contribution in [3.63, 3.8) is 0 Å². The molecular weight excluding hydrogens is 433 g/mol. The fourth-order valence-corrected chi connectivity index (χ4v) is 7.15. The summed E-state index contributed by atoms with van der Waals surface area (Å²) in [6.07, 6.45) is -0.653. The Bertz CT molecular complexity index is 957. The van der Waals surface area contributed by atoms with Crippen LogP contribution in [0.3, 0.4) is 0 Å². The van der Waals surface area contributed by atoms with E-state index in [2.05, 4.69) is 10.3 Å². The molecule has 0 aromatic heterocycles. The summed E-state index contributed by atoms with van der Waals surface area (Å²) in [4.78, 5) is 29.8. The fourth-order valence-electron chi connectivity index (χ4n) is 3.22. The van der Waals surface area contributed by atoms with E-state index in [-0.39, 0.29) is 35.8 Å². The quantitative estimate of drug-likeness (QED) is 0.740. The Labute approximate surface area is 179 Å². The van der Waals surface area contributed by atoms with Gasteiger partial charge >= 0.3 is 6.09 Å². The van der Waals surface area contributed by atoms with Gasteiger partial charge in [-0.15, -0.1) is 0 Å². The lowest BCUT2D eigenvalue weighted by Crippen LogP contribution is -2.37. The van der Waals surface area contributed by atoms with Gasteiger partial charge in [-0.3, -0.25) is 4.79 Å². The molecule has 2 amide bonds. The highest BCUT2D eigenvalue weighted by molar-refractivity contribution is 8.16. The minimum atomic E-state index is -3.18. The van der Waals surface area contributed by atoms with E-state index in [0.29, 0.717) is 10.9 Å². The SMILES string of the molecule is CC(C)(C)OC(=O)NCCC(=O)N=C1S[C@@H]2CS(=O)(=O)C[C@@H]2N1c1ccc(F)cc1. The van der Waals surface area contributed by atoms with Gasteiger partial charge in [0.1, 0.15) is 11.4 Å². The summed E-state index contributed by atoms with van der Waals surface area (Å²) in [6.45, 7) is 5.28. The zero-order valence-corrected chi connectivity index (χ0v) is 18.6. The Morgan fingerprint density at radius 1 is 1.27 bits per heavy atom. The average molecular weight is 458 g/mol. The Kier molecular flexibility index (Phi) is 6.42. The van der Waals surface area contributed by atoms with E-state index >= 15 is 0 Å². The molecule has 0 aliphatic carbocycles. The number of nitrogens with zero attached hydrogens (tertiary/aromatic N) is 2. The summed E-state index contributed by atoms with van der Waals surface area (Å²) in [7, 11) is -3.18. The number of carbonyl (C=O) groups is 2. The number of hydrogen-bond acceptors (Lipinski definition) is 6. The van der Waals surface area contributed by atoms with Gasteiger partial charge in [0.2, 0.25) is 5.91 Å². The molecule has 1 aromatic rings. The maximum atomic E-state index is 13.3. The number of sulfone groups is 1. The van der Waals surface area contributed by atoms with Crippen LogP contribution in [0.25, 0.3) is 0 Å². The van der Waals surface area contributed by atoms with Gasteiger partial charge in [0.05, 0.1) is 17.5 Å². The number of benzene rings is 1. The van der Waals surface area contributed by atoms with E-state index in [1.54, 1.807) is 25.7 Å². The average Bonchev–Trinajstić information content (AvgIpc) is 3.05. The van der Waals surface area contributed by atoms with Gasteiger partial charge < -0.3 is 15.0 Å². The number of alkyl carbamates (subject to hydrolysis) is 1. The van der Waals surface area contributed by atoms with Crippen molar-refractivity contribution in [2.24, 2.45) is 4.99 Å². The molecule has 0 saturated carbocycles. The van der Waals surface area contributed by atoms with Crippen molar-refractivity contribution in [1.82, 2.24) is 5.32 Å². The van der Waals surface area contributed by atoms with E-state index in [1.165, 1.54) is 36.0 Å². The van der Waals surface area contributed by atoms with Crippen molar-refractivity contribution in [2.45, 2.75) is 44.1 Å². The van der Waals surface area contributed by atoms with Crippen molar-refractivity contribution in [2.75, 3.05) is 23.0 Å². The van der Waals surface area contributed by atoms with Gasteiger partial charge in [-0.25, -0.2) is 17.6 Å². The number of amides is 2. The molecule has 0 bridgehead atoms. The molecule has 3 rings (SSSR count). The molecule has 1 aromatic carbocycles. The number of thioether (sulfide) groups is 1. The largest absolute Gasteiger partial charge is 0.444 e. The predicted octanol–water partition coefficient (Wildman–Crippen LogP) is 2.34. The van der Waals surface area contributed by atoms with Crippen LogP contribution in [-0.4, -0.2) is 60.5 Å². The Hall–Kier alpha value is -2.14. The predicted molar refractivity (Wildman–Crippen MR) is 114 cm³/mol. The second kappa shape index (κ2) is 8.54. The van der Waals surface area contributed by atoms with Crippen molar-refractivity contribution >= 4 is 44.5 Å². The smallest absolute Gasteiger partial charge is 0.407 e. The lowest BCUT2D eigenvalue weighted by atomic mass is 10.2. The lowest BCUT2D eigenvalue weighted by molar-refractivity contribution is -0.117. The number of anilines is 1. The molecule has 2 aliphatic rings. The van der Waals surface area contributed by atoms with Crippen LogP contribution in [0, 0.1) is 5.82 Å². The summed E-state index contributed by atoms with van der Waals surface area (Å²) in [5, 5.41) is 2.64. The minimum Gasteiger partial charge on any atom is -0.444 e. The highest BCUT2D eigenvalue weighted by Gasteiger charge is 2.49. The van der Waals surface area contributed by atoms with E-state index in [9.17, 15) is 22.4 Å². The van der Waals surface area contributed by atoms with Gasteiger partial charge in [0.25, 0.3) is 0 Å². The van der Waals surface area contributed by atoms with E-state index in [0.717, 1.165) is 0 Å². The number of carbonyl (C=O) groups excluding carboxylic acids is 2. The van der Waals surface area contributed by atoms with Crippen LogP contribution in [0.5, 0.6) is 0 Å². The second-order valence-corrected chi connectivity index (χ2v) is 11.5. The zero-order valence-electron chi connectivity index (χ0n) is 16.9. The number of aliphatic imine (C=N–C) groups is 1. The highest BCUT2D eigenvalue weighted by Crippen LogP contribution is 2.40. The van der Waals surface area contributed by atoms with Gasteiger partial charge in [0.15, 0.2) is 15.0 Å². The van der Waals surface area contributed by atoms with Crippen LogP contribution >= 0.6 is 11.8 Å². The summed E-state index contributed by atoms with van der Waals surface area (Å²) in [5.74, 6) is -0.907. The first-order valence-electron chi connectivity index (χ1n) is 9.44. The maximum Gasteiger partial charge on any atom is 0.407 e. The van der Waals surface area contributed by atoms with Crippen LogP contribution < -0.4 is 10.2 Å². The topological polar surface area (TPSA) is 105 Å². The third-order valence-electron chi connectivity index (χ3n) is 4.40. The van der Waals surface area contributed by atoms with E-state index in [4.69, 9.17) is 4.74 Å². The van der Waals surface area contributed by atoms with Crippen molar-refractivity contribution in [3.05, 3.63) is 30.1 Å². The molecule has 2 fully saturated rings. The molecule has 2 heterocycles. The van der Waals surface area contributed by atoms with Crippen LogP contribution in [-0.2, 0) is 19.4 Å². The molecule has 1 N–H and O–H groups in total. The third-order valence-corrected chi connectivity index (χ3v) is 7.61. The molecule has 0 spiro atoms. The first kappa shape index (κ1) is 22.5. The standard InChI is InChI=1S/C19H24FN3O5S2/c1-19(2,3)28-18(25)21-9-8-16(24)22-17-23(13-6-4-12(20)5-7-13)14-10-30(26,27)11-15(14)29-17/h4-7,14-15H,8-11H2,1-3H3,(H,21,25)/t14-,15+/m0/s1. The summed E-state index contributed by atoms with van der Waals surface area (Å²) >= 11 is 1.24. The number of nitrogens with one attached hydrogen (secondary N) is 1. The summed E-state index contributed by atoms with van der Waals surface area (Å²) < 4.78 is 42.5. The molecule has 2 atom stereocenters. The summed E-state index contributed by atoms with van der Waals surface area (Å²) in [6, 6.07) is 5.26. The zero-order chi connectivity index (χ0) is 22.1. The van der Waals surface area contributed by atoms with Crippen molar-refractivity contribution < 1.29 is 27.1 Å². The lowest BCUT2D eigenvalue weighted by Gasteiger charge is -2.24. The number of halogens is 1. The Morgan fingerprint density at radius 2 is 1.93 bits per heavy atom. The molecule has 164 valence electrons. The highest BCUT2D eigenvalue weighted by atomic mass is 32.2. The van der Waals surface area contributed by atoms with Crippen LogP contribution in [0.15, 0.2) is 29.3 Å². The van der Waals surface area contributed by atoms with Gasteiger partial charge in [-0.05, 0) is 45.0 Å².